The van der Waals surface area contributed by atoms with Crippen LogP contribution in [0.2, 0.25) is 5.04 Å². The van der Waals surface area contributed by atoms with Crippen molar-refractivity contribution in [3.63, 3.8) is 0 Å². The average Bonchev–Trinajstić information content (AvgIpc) is 3.14. The zero-order valence-corrected chi connectivity index (χ0v) is 29.7. The summed E-state index contributed by atoms with van der Waals surface area (Å²) in [5, 5.41) is 6.71. The molecular formula is C38H54N4OSi. The molecule has 1 fully saturated rings. The highest BCUT2D eigenvalue weighted by Crippen LogP contribution is 2.41. The van der Waals surface area contributed by atoms with Gasteiger partial charge in [0.05, 0.1) is 24.5 Å². The summed E-state index contributed by atoms with van der Waals surface area (Å²) in [6, 6.07) is 24.5. The largest absolute Gasteiger partial charge is 0.406 e. The molecule has 0 aliphatic carbocycles. The Hall–Kier alpha value is -2.80. The SMILES string of the molecule is Cn1c(C(C)(C)C)cc2ncc(C3CCC[C@@H](C(C)(C)C)[C@H](CO[Si](c4ccccc4)(c4ccccc4)C(C)(C)C)N3)nc21. The van der Waals surface area contributed by atoms with Crippen molar-refractivity contribution in [1.29, 1.82) is 0 Å². The van der Waals surface area contributed by atoms with Crippen molar-refractivity contribution in [3.8, 4) is 0 Å². The van der Waals surface area contributed by atoms with E-state index in [1.807, 2.05) is 6.20 Å². The predicted molar refractivity (Wildman–Crippen MR) is 187 cm³/mol. The second-order valence-electron chi connectivity index (χ2n) is 16.0. The Morgan fingerprint density at radius 2 is 1.45 bits per heavy atom. The zero-order valence-electron chi connectivity index (χ0n) is 28.7. The lowest BCUT2D eigenvalue weighted by Crippen LogP contribution is -2.67. The third kappa shape index (κ3) is 6.31. The van der Waals surface area contributed by atoms with Crippen LogP contribution in [0.15, 0.2) is 72.9 Å². The lowest BCUT2D eigenvalue weighted by atomic mass is 9.74. The van der Waals surface area contributed by atoms with Gasteiger partial charge in [0.2, 0.25) is 0 Å². The number of nitrogens with one attached hydrogen (secondary N) is 1. The molecule has 0 bridgehead atoms. The van der Waals surface area contributed by atoms with Crippen LogP contribution in [0.3, 0.4) is 0 Å². The molecule has 6 heteroatoms. The van der Waals surface area contributed by atoms with Gasteiger partial charge in [-0.25, -0.2) is 4.98 Å². The van der Waals surface area contributed by atoms with Gasteiger partial charge in [-0.2, -0.15) is 0 Å². The Morgan fingerprint density at radius 1 is 0.864 bits per heavy atom. The fourth-order valence-electron chi connectivity index (χ4n) is 7.59. The van der Waals surface area contributed by atoms with Crippen LogP contribution in [0.1, 0.15) is 99.0 Å². The molecule has 0 amide bonds. The quantitative estimate of drug-likeness (QED) is 0.228. The van der Waals surface area contributed by atoms with Crippen molar-refractivity contribution in [2.45, 2.75) is 104 Å². The molecule has 3 heterocycles. The summed E-state index contributed by atoms with van der Waals surface area (Å²) in [4.78, 5) is 10.2. The summed E-state index contributed by atoms with van der Waals surface area (Å²) in [5.41, 5.74) is 4.38. The van der Waals surface area contributed by atoms with Gasteiger partial charge in [-0.3, -0.25) is 4.98 Å². The smallest absolute Gasteiger partial charge is 0.261 e. The van der Waals surface area contributed by atoms with Crippen molar-refractivity contribution in [1.82, 2.24) is 19.9 Å². The minimum absolute atomic E-state index is 0.0289. The van der Waals surface area contributed by atoms with E-state index in [2.05, 4.69) is 146 Å². The molecule has 5 nitrogen and oxygen atoms in total. The van der Waals surface area contributed by atoms with Gasteiger partial charge in [-0.1, -0.05) is 129 Å². The second kappa shape index (κ2) is 12.2. The summed E-state index contributed by atoms with van der Waals surface area (Å²) in [6.07, 6.45) is 5.36. The fraction of sp³-hybridized carbons (Fsp3) is 0.526. The molecule has 4 aromatic rings. The molecular weight excluding hydrogens is 557 g/mol. The third-order valence-corrected chi connectivity index (χ3v) is 14.8. The lowest BCUT2D eigenvalue weighted by Gasteiger charge is -2.45. The first-order chi connectivity index (χ1) is 20.6. The third-order valence-electron chi connectivity index (χ3n) is 9.80. The van der Waals surface area contributed by atoms with Crippen molar-refractivity contribution in [3.05, 3.63) is 84.3 Å². The van der Waals surface area contributed by atoms with Crippen LogP contribution < -0.4 is 15.7 Å². The van der Waals surface area contributed by atoms with Gasteiger partial charge < -0.3 is 14.3 Å². The number of aromatic nitrogens is 3. The van der Waals surface area contributed by atoms with E-state index in [0.29, 0.717) is 12.5 Å². The second-order valence-corrected chi connectivity index (χ2v) is 20.4. The van der Waals surface area contributed by atoms with Gasteiger partial charge >= 0.3 is 0 Å². The minimum atomic E-state index is -2.67. The van der Waals surface area contributed by atoms with Crippen LogP contribution in [-0.2, 0) is 16.9 Å². The number of rotatable bonds is 6. The number of fused-ring (bicyclic) bond motifs is 1. The molecule has 2 aromatic heterocycles. The van der Waals surface area contributed by atoms with E-state index in [1.54, 1.807) is 0 Å². The highest BCUT2D eigenvalue weighted by atomic mass is 28.4. The molecule has 0 spiro atoms. The van der Waals surface area contributed by atoms with Gasteiger partial charge in [0.1, 0.15) is 5.52 Å². The van der Waals surface area contributed by atoms with Crippen molar-refractivity contribution >= 4 is 29.9 Å². The van der Waals surface area contributed by atoms with Crippen LogP contribution in [0.5, 0.6) is 0 Å². The molecule has 1 saturated heterocycles. The van der Waals surface area contributed by atoms with E-state index in [-0.39, 0.29) is 28.0 Å². The van der Waals surface area contributed by atoms with Crippen LogP contribution in [-0.4, -0.2) is 35.5 Å². The molecule has 236 valence electrons. The number of hydrogen-bond donors (Lipinski definition) is 1. The van der Waals surface area contributed by atoms with E-state index < -0.39 is 8.32 Å². The first-order valence-electron chi connectivity index (χ1n) is 16.5. The lowest BCUT2D eigenvalue weighted by molar-refractivity contribution is 0.124. The first kappa shape index (κ1) is 32.6. The fourth-order valence-corrected chi connectivity index (χ4v) is 12.2. The molecule has 1 N–H and O–H groups in total. The highest BCUT2D eigenvalue weighted by molar-refractivity contribution is 6.99. The molecule has 2 aromatic carbocycles. The summed E-state index contributed by atoms with van der Waals surface area (Å²) in [5.74, 6) is 0.463. The maximum atomic E-state index is 7.54. The molecule has 0 radical (unpaired) electrons. The van der Waals surface area contributed by atoms with Crippen LogP contribution in [0, 0.1) is 11.3 Å². The van der Waals surface area contributed by atoms with E-state index in [1.165, 1.54) is 16.1 Å². The maximum absolute atomic E-state index is 7.54. The van der Waals surface area contributed by atoms with Crippen LogP contribution >= 0.6 is 0 Å². The Kier molecular flexibility index (Phi) is 9.02. The highest BCUT2D eigenvalue weighted by Gasteiger charge is 2.51. The van der Waals surface area contributed by atoms with Gasteiger partial charge in [-0.05, 0) is 45.7 Å². The predicted octanol–water partition coefficient (Wildman–Crippen LogP) is 7.69. The standard InChI is InChI=1S/C38H54N4OSi/c1-36(2,3)29-22-17-23-30(32-25-39-31-24-34(37(4,5)6)42(10)35(31)41-32)40-33(29)26-43-44(38(7,8)9,27-18-13-11-14-19-27)28-20-15-12-16-21-28/h11-16,18-21,24-25,29-30,33,40H,17,22-23,26H2,1-10H3/t29-,30?,33+/m1/s1. The maximum Gasteiger partial charge on any atom is 0.261 e. The molecule has 1 unspecified atom stereocenters. The van der Waals surface area contributed by atoms with Crippen molar-refractivity contribution < 1.29 is 4.43 Å². The number of aryl methyl sites for hydroxylation is 1. The Balaban J connectivity index is 1.53. The zero-order chi connectivity index (χ0) is 31.9. The molecule has 5 rings (SSSR count). The van der Waals surface area contributed by atoms with Gasteiger partial charge in [0.15, 0.2) is 5.65 Å². The summed E-state index contributed by atoms with van der Waals surface area (Å²) >= 11 is 0. The molecule has 1 aliphatic heterocycles. The normalized spacial score (nSPS) is 20.5. The number of benzene rings is 2. The van der Waals surface area contributed by atoms with Crippen LogP contribution in [0.25, 0.3) is 11.2 Å². The van der Waals surface area contributed by atoms with E-state index in [4.69, 9.17) is 14.4 Å². The average molecular weight is 611 g/mol. The monoisotopic (exact) mass is 610 g/mol. The Bertz CT molecular complexity index is 1500. The summed E-state index contributed by atoms with van der Waals surface area (Å²) in [7, 11) is -0.547. The van der Waals surface area contributed by atoms with Crippen molar-refractivity contribution in [2.75, 3.05) is 6.61 Å². The van der Waals surface area contributed by atoms with Gasteiger partial charge in [0, 0.05) is 24.2 Å². The van der Waals surface area contributed by atoms with E-state index >= 15 is 0 Å². The Labute approximate surface area is 267 Å². The van der Waals surface area contributed by atoms with E-state index in [0.717, 1.165) is 36.1 Å². The minimum Gasteiger partial charge on any atom is -0.406 e. The van der Waals surface area contributed by atoms with Gasteiger partial charge in [0.25, 0.3) is 8.32 Å². The topological polar surface area (TPSA) is 52.0 Å². The van der Waals surface area contributed by atoms with Crippen molar-refractivity contribution in [2.24, 2.45) is 18.4 Å². The number of hydrogen-bond acceptors (Lipinski definition) is 4. The molecule has 3 atom stereocenters. The Morgan fingerprint density at radius 3 is 1.98 bits per heavy atom. The number of nitrogens with zero attached hydrogens (tertiary/aromatic N) is 3. The molecule has 0 saturated carbocycles. The molecule has 44 heavy (non-hydrogen) atoms. The molecule has 1 aliphatic rings. The summed E-state index contributed by atoms with van der Waals surface area (Å²) < 4.78 is 9.76. The van der Waals surface area contributed by atoms with E-state index in [9.17, 15) is 0 Å². The first-order valence-corrected chi connectivity index (χ1v) is 18.4. The summed E-state index contributed by atoms with van der Waals surface area (Å²) in [6.45, 7) is 21.6. The van der Waals surface area contributed by atoms with Crippen LogP contribution in [0.4, 0.5) is 0 Å². The van der Waals surface area contributed by atoms with Gasteiger partial charge in [-0.15, -0.1) is 0 Å².